The van der Waals surface area contributed by atoms with Gasteiger partial charge in [-0.3, -0.25) is 4.79 Å². The third-order valence-corrected chi connectivity index (χ3v) is 3.24. The molecule has 2 fully saturated rings. The summed E-state index contributed by atoms with van der Waals surface area (Å²) in [5, 5.41) is 9.46. The Kier molecular flexibility index (Phi) is 2.16. The van der Waals surface area contributed by atoms with E-state index in [1.165, 1.54) is 9.80 Å². The Morgan fingerprint density at radius 2 is 1.88 bits per heavy atom. The third kappa shape index (κ3) is 1.43. The molecular weight excluding hydrogens is 220 g/mol. The minimum Gasteiger partial charge on any atom is -0.391 e. The van der Waals surface area contributed by atoms with Gasteiger partial charge in [-0.15, -0.1) is 0 Å². The number of aliphatic hydroxyl groups is 1. The van der Waals surface area contributed by atoms with Gasteiger partial charge in [-0.25, -0.2) is 9.69 Å². The first-order valence-electron chi connectivity index (χ1n) is 5.56. The van der Waals surface area contributed by atoms with Crippen molar-refractivity contribution in [3.05, 3.63) is 30.3 Å². The fraction of sp³-hybridized carbons (Fsp3) is 0.333. The topological polar surface area (TPSA) is 60.9 Å². The maximum atomic E-state index is 12.1. The number of anilines is 1. The zero-order chi connectivity index (χ0) is 12.0. The molecule has 1 aromatic carbocycles. The molecule has 0 unspecified atom stereocenters. The van der Waals surface area contributed by atoms with Crippen molar-refractivity contribution in [3.8, 4) is 0 Å². The first-order valence-corrected chi connectivity index (χ1v) is 5.56. The number of carbonyl (C=O) groups excluding carboxylic acids is 2. The molecule has 17 heavy (non-hydrogen) atoms. The van der Waals surface area contributed by atoms with Crippen molar-refractivity contribution in [3.63, 3.8) is 0 Å². The van der Waals surface area contributed by atoms with E-state index in [0.29, 0.717) is 12.1 Å². The highest BCUT2D eigenvalue weighted by molar-refractivity contribution is 6.21. The quantitative estimate of drug-likeness (QED) is 0.721. The summed E-state index contributed by atoms with van der Waals surface area (Å²) in [6, 6.07) is 8.05. The van der Waals surface area contributed by atoms with Crippen molar-refractivity contribution >= 4 is 17.6 Å². The fourth-order valence-corrected chi connectivity index (χ4v) is 2.45. The summed E-state index contributed by atoms with van der Waals surface area (Å²) in [6.45, 7) is 0.249. The summed E-state index contributed by atoms with van der Waals surface area (Å²) < 4.78 is 0. The second-order valence-corrected chi connectivity index (χ2v) is 4.35. The second-order valence-electron chi connectivity index (χ2n) is 4.35. The highest BCUT2D eigenvalue weighted by atomic mass is 16.3. The number of benzene rings is 1. The van der Waals surface area contributed by atoms with E-state index < -0.39 is 12.1 Å². The molecule has 0 radical (unpaired) electrons. The molecule has 0 aliphatic carbocycles. The molecule has 0 aromatic heterocycles. The SMILES string of the molecule is O=C1[C@H]2C[C@H](O)CN2C(=O)N1c1ccccc1. The van der Waals surface area contributed by atoms with Gasteiger partial charge in [-0.2, -0.15) is 0 Å². The lowest BCUT2D eigenvalue weighted by Crippen LogP contribution is -2.34. The van der Waals surface area contributed by atoms with Crippen molar-refractivity contribution in [2.45, 2.75) is 18.6 Å². The van der Waals surface area contributed by atoms with Gasteiger partial charge in [-0.05, 0) is 12.1 Å². The number of hydrogen-bond donors (Lipinski definition) is 1. The van der Waals surface area contributed by atoms with Crippen molar-refractivity contribution in [2.24, 2.45) is 0 Å². The Morgan fingerprint density at radius 3 is 2.53 bits per heavy atom. The Bertz CT molecular complexity index is 450. The Labute approximate surface area is 98.2 Å². The average molecular weight is 232 g/mol. The largest absolute Gasteiger partial charge is 0.391 e. The molecule has 3 amide bonds. The summed E-state index contributed by atoms with van der Waals surface area (Å²) in [6.07, 6.45) is -0.237. The van der Waals surface area contributed by atoms with Gasteiger partial charge in [0.05, 0.1) is 11.8 Å². The normalized spacial score (nSPS) is 27.8. The molecule has 2 aliphatic rings. The number of carbonyl (C=O) groups is 2. The number of fused-ring (bicyclic) bond motifs is 1. The zero-order valence-corrected chi connectivity index (χ0v) is 9.11. The molecular formula is C12H12N2O3. The first kappa shape index (κ1) is 10.3. The third-order valence-electron chi connectivity index (χ3n) is 3.24. The van der Waals surface area contributed by atoms with Gasteiger partial charge in [0.2, 0.25) is 0 Å². The minimum atomic E-state index is -0.578. The van der Waals surface area contributed by atoms with Crippen LogP contribution in [0.1, 0.15) is 6.42 Å². The number of amides is 3. The number of aliphatic hydroxyl groups excluding tert-OH is 1. The van der Waals surface area contributed by atoms with Crippen LogP contribution in [0.2, 0.25) is 0 Å². The maximum Gasteiger partial charge on any atom is 0.332 e. The summed E-state index contributed by atoms with van der Waals surface area (Å²) in [5.41, 5.74) is 0.589. The van der Waals surface area contributed by atoms with E-state index in [4.69, 9.17) is 0 Å². The van der Waals surface area contributed by atoms with Gasteiger partial charge in [-0.1, -0.05) is 18.2 Å². The zero-order valence-electron chi connectivity index (χ0n) is 9.11. The van der Waals surface area contributed by atoms with Crippen molar-refractivity contribution < 1.29 is 14.7 Å². The molecule has 3 rings (SSSR count). The number of urea groups is 1. The van der Waals surface area contributed by atoms with Gasteiger partial charge in [0.25, 0.3) is 5.91 Å². The number of rotatable bonds is 1. The van der Waals surface area contributed by atoms with E-state index >= 15 is 0 Å². The molecule has 2 heterocycles. The summed E-state index contributed by atoms with van der Waals surface area (Å²) in [4.78, 5) is 26.8. The van der Waals surface area contributed by atoms with E-state index in [9.17, 15) is 14.7 Å². The van der Waals surface area contributed by atoms with E-state index in [-0.39, 0.29) is 18.5 Å². The van der Waals surface area contributed by atoms with Crippen LogP contribution in [-0.4, -0.2) is 40.6 Å². The molecule has 88 valence electrons. The summed E-state index contributed by atoms with van der Waals surface area (Å²) in [7, 11) is 0. The molecule has 1 aromatic rings. The standard InChI is InChI=1S/C12H12N2O3/c15-9-6-10-11(16)14(12(17)13(10)7-9)8-4-2-1-3-5-8/h1-5,9-10,15H,6-7H2/t9-,10+/m0/s1. The van der Waals surface area contributed by atoms with Crippen LogP contribution >= 0.6 is 0 Å². The fourth-order valence-electron chi connectivity index (χ4n) is 2.45. The number of imide groups is 1. The van der Waals surface area contributed by atoms with Crippen LogP contribution in [0, 0.1) is 0 Å². The minimum absolute atomic E-state index is 0.238. The van der Waals surface area contributed by atoms with Crippen LogP contribution in [0.3, 0.4) is 0 Å². The molecule has 5 heteroatoms. The molecule has 0 bridgehead atoms. The van der Waals surface area contributed by atoms with Gasteiger partial charge >= 0.3 is 6.03 Å². The Balaban J connectivity index is 1.95. The monoisotopic (exact) mass is 232 g/mol. The molecule has 0 spiro atoms. The van der Waals surface area contributed by atoms with E-state index in [0.717, 1.165) is 0 Å². The van der Waals surface area contributed by atoms with E-state index in [1.54, 1.807) is 24.3 Å². The number of nitrogens with zero attached hydrogens (tertiary/aromatic N) is 2. The molecule has 0 saturated carbocycles. The average Bonchev–Trinajstić information content (AvgIpc) is 2.81. The lowest BCUT2D eigenvalue weighted by Gasteiger charge is -2.16. The van der Waals surface area contributed by atoms with Crippen LogP contribution in [0.4, 0.5) is 10.5 Å². The lowest BCUT2D eigenvalue weighted by atomic mass is 10.2. The van der Waals surface area contributed by atoms with Gasteiger partial charge < -0.3 is 10.0 Å². The van der Waals surface area contributed by atoms with E-state index in [1.807, 2.05) is 6.07 Å². The van der Waals surface area contributed by atoms with E-state index in [2.05, 4.69) is 0 Å². The predicted octanol–water partition coefficient (Wildman–Crippen LogP) is 0.588. The number of hydrogen-bond acceptors (Lipinski definition) is 3. The van der Waals surface area contributed by atoms with Crippen LogP contribution in [0.25, 0.3) is 0 Å². The highest BCUT2D eigenvalue weighted by Crippen LogP contribution is 2.31. The predicted molar refractivity (Wildman–Crippen MR) is 60.4 cm³/mol. The number of para-hydroxylation sites is 1. The second kappa shape index (κ2) is 3.56. The van der Waals surface area contributed by atoms with Gasteiger partial charge in [0.1, 0.15) is 6.04 Å². The molecule has 2 aliphatic heterocycles. The maximum absolute atomic E-state index is 12.1. The molecule has 1 N–H and O–H groups in total. The van der Waals surface area contributed by atoms with Crippen LogP contribution in [-0.2, 0) is 4.79 Å². The summed E-state index contributed by atoms with van der Waals surface area (Å²) >= 11 is 0. The van der Waals surface area contributed by atoms with Gasteiger partial charge in [0.15, 0.2) is 0 Å². The Hall–Kier alpha value is -1.88. The lowest BCUT2D eigenvalue weighted by molar-refractivity contribution is -0.119. The van der Waals surface area contributed by atoms with Crippen molar-refractivity contribution in [2.75, 3.05) is 11.4 Å². The van der Waals surface area contributed by atoms with Crippen LogP contribution in [0.15, 0.2) is 30.3 Å². The van der Waals surface area contributed by atoms with Gasteiger partial charge in [0, 0.05) is 13.0 Å². The van der Waals surface area contributed by atoms with Crippen LogP contribution in [0.5, 0.6) is 0 Å². The first-order chi connectivity index (χ1) is 8.18. The summed E-state index contributed by atoms with van der Waals surface area (Å²) in [5.74, 6) is -0.238. The Morgan fingerprint density at radius 1 is 1.18 bits per heavy atom. The molecule has 2 saturated heterocycles. The smallest absolute Gasteiger partial charge is 0.332 e. The molecule has 2 atom stereocenters. The van der Waals surface area contributed by atoms with Crippen molar-refractivity contribution in [1.29, 1.82) is 0 Å². The highest BCUT2D eigenvalue weighted by Gasteiger charge is 2.50. The molecule has 5 nitrogen and oxygen atoms in total. The van der Waals surface area contributed by atoms with Crippen LogP contribution < -0.4 is 4.90 Å². The van der Waals surface area contributed by atoms with Crippen molar-refractivity contribution in [1.82, 2.24) is 4.90 Å².